The van der Waals surface area contributed by atoms with E-state index >= 15 is 0 Å². The molecule has 0 aromatic heterocycles. The maximum atomic E-state index is 3.27. The van der Waals surface area contributed by atoms with E-state index in [0.29, 0.717) is 5.92 Å². The maximum absolute atomic E-state index is 3.27. The summed E-state index contributed by atoms with van der Waals surface area (Å²) in [6.07, 6.45) is 2.29. The minimum atomic E-state index is 0.593. The molecule has 2 aromatic carbocycles. The first kappa shape index (κ1) is 13.8. The van der Waals surface area contributed by atoms with Crippen molar-refractivity contribution >= 4 is 0 Å². The van der Waals surface area contributed by atoms with Crippen LogP contribution in [0.15, 0.2) is 54.6 Å². The third kappa shape index (κ3) is 4.22. The van der Waals surface area contributed by atoms with Gasteiger partial charge in [-0.15, -0.1) is 0 Å². The van der Waals surface area contributed by atoms with Crippen molar-refractivity contribution in [2.75, 3.05) is 13.6 Å². The van der Waals surface area contributed by atoms with Crippen LogP contribution in [-0.4, -0.2) is 13.6 Å². The molecule has 2 aromatic rings. The van der Waals surface area contributed by atoms with Gasteiger partial charge in [-0.2, -0.15) is 0 Å². The van der Waals surface area contributed by atoms with Crippen molar-refractivity contribution in [1.29, 1.82) is 0 Å². The van der Waals surface area contributed by atoms with E-state index in [1.807, 2.05) is 7.05 Å². The molecule has 1 N–H and O–H groups in total. The third-order valence-electron chi connectivity index (χ3n) is 3.58. The average Bonchev–Trinajstić information content (AvgIpc) is 2.44. The van der Waals surface area contributed by atoms with E-state index in [2.05, 4.69) is 66.8 Å². The SMILES string of the molecule is CNCCC(Cc1cccc(C)c1)c1ccccc1. The molecule has 100 valence electrons. The molecule has 0 spiro atoms. The highest BCUT2D eigenvalue weighted by molar-refractivity contribution is 5.27. The molecular weight excluding hydrogens is 230 g/mol. The zero-order valence-corrected chi connectivity index (χ0v) is 11.9. The van der Waals surface area contributed by atoms with Crippen LogP contribution in [0.4, 0.5) is 0 Å². The van der Waals surface area contributed by atoms with E-state index in [1.54, 1.807) is 0 Å². The number of benzene rings is 2. The Morgan fingerprint density at radius 3 is 2.47 bits per heavy atom. The van der Waals surface area contributed by atoms with Gasteiger partial charge in [0.1, 0.15) is 0 Å². The van der Waals surface area contributed by atoms with Crippen molar-refractivity contribution in [2.45, 2.75) is 25.7 Å². The molecule has 1 heteroatoms. The van der Waals surface area contributed by atoms with Gasteiger partial charge in [-0.1, -0.05) is 60.2 Å². The van der Waals surface area contributed by atoms with Crippen molar-refractivity contribution in [3.8, 4) is 0 Å². The summed E-state index contributed by atoms with van der Waals surface area (Å²) in [5.74, 6) is 0.593. The molecule has 0 aliphatic rings. The molecule has 0 saturated heterocycles. The van der Waals surface area contributed by atoms with Crippen molar-refractivity contribution in [1.82, 2.24) is 5.32 Å². The van der Waals surface area contributed by atoms with Gasteiger partial charge in [-0.05, 0) is 50.4 Å². The molecular formula is C18H23N. The fourth-order valence-electron chi connectivity index (χ4n) is 2.55. The van der Waals surface area contributed by atoms with Crippen molar-refractivity contribution in [3.05, 3.63) is 71.3 Å². The third-order valence-corrected chi connectivity index (χ3v) is 3.58. The van der Waals surface area contributed by atoms with E-state index < -0.39 is 0 Å². The second kappa shape index (κ2) is 7.10. The predicted molar refractivity (Wildman–Crippen MR) is 82.6 cm³/mol. The van der Waals surface area contributed by atoms with Gasteiger partial charge in [0, 0.05) is 0 Å². The molecule has 19 heavy (non-hydrogen) atoms. The minimum Gasteiger partial charge on any atom is -0.320 e. The van der Waals surface area contributed by atoms with E-state index in [9.17, 15) is 0 Å². The number of rotatable bonds is 6. The first-order valence-electron chi connectivity index (χ1n) is 7.04. The van der Waals surface area contributed by atoms with Crippen LogP contribution < -0.4 is 5.32 Å². The first-order valence-corrected chi connectivity index (χ1v) is 7.04. The Morgan fingerprint density at radius 2 is 1.79 bits per heavy atom. The molecule has 0 aliphatic carbocycles. The molecule has 0 radical (unpaired) electrons. The molecule has 0 amide bonds. The Balaban J connectivity index is 2.14. The van der Waals surface area contributed by atoms with Gasteiger partial charge in [0.2, 0.25) is 0 Å². The summed E-state index contributed by atoms with van der Waals surface area (Å²) in [5.41, 5.74) is 4.22. The van der Waals surface area contributed by atoms with Gasteiger partial charge >= 0.3 is 0 Å². The Labute approximate surface area is 116 Å². The summed E-state index contributed by atoms with van der Waals surface area (Å²) < 4.78 is 0. The molecule has 0 aliphatic heterocycles. The summed E-state index contributed by atoms with van der Waals surface area (Å²) in [5, 5.41) is 3.27. The quantitative estimate of drug-likeness (QED) is 0.822. The van der Waals surface area contributed by atoms with Crippen molar-refractivity contribution in [3.63, 3.8) is 0 Å². The van der Waals surface area contributed by atoms with E-state index in [4.69, 9.17) is 0 Å². The normalized spacial score (nSPS) is 12.3. The highest BCUT2D eigenvalue weighted by Crippen LogP contribution is 2.24. The minimum absolute atomic E-state index is 0.593. The lowest BCUT2D eigenvalue weighted by Crippen LogP contribution is -2.14. The summed E-state index contributed by atoms with van der Waals surface area (Å²) >= 11 is 0. The second-order valence-electron chi connectivity index (χ2n) is 5.19. The lowest BCUT2D eigenvalue weighted by Gasteiger charge is -2.17. The van der Waals surface area contributed by atoms with Crippen LogP contribution in [0.2, 0.25) is 0 Å². The standard InChI is InChI=1S/C18H23N/c1-15-7-6-8-16(13-15)14-18(11-12-19-2)17-9-4-3-5-10-17/h3-10,13,18-19H,11-12,14H2,1-2H3. The van der Waals surface area contributed by atoms with E-state index in [1.165, 1.54) is 23.1 Å². The molecule has 0 saturated carbocycles. The summed E-state index contributed by atoms with van der Waals surface area (Å²) in [6.45, 7) is 3.22. The van der Waals surface area contributed by atoms with E-state index in [-0.39, 0.29) is 0 Å². The fourth-order valence-corrected chi connectivity index (χ4v) is 2.55. The monoisotopic (exact) mass is 253 g/mol. The van der Waals surface area contributed by atoms with Crippen molar-refractivity contribution < 1.29 is 0 Å². The van der Waals surface area contributed by atoms with Crippen LogP contribution in [0.5, 0.6) is 0 Å². The van der Waals surface area contributed by atoms with Crippen LogP contribution in [0.25, 0.3) is 0 Å². The summed E-state index contributed by atoms with van der Waals surface area (Å²) in [4.78, 5) is 0. The molecule has 0 bridgehead atoms. The van der Waals surface area contributed by atoms with Gasteiger partial charge in [0.05, 0.1) is 0 Å². The molecule has 2 rings (SSSR count). The first-order chi connectivity index (χ1) is 9.29. The van der Waals surface area contributed by atoms with Crippen LogP contribution in [0.3, 0.4) is 0 Å². The molecule has 1 unspecified atom stereocenters. The highest BCUT2D eigenvalue weighted by atomic mass is 14.8. The molecule has 0 heterocycles. The van der Waals surface area contributed by atoms with Crippen LogP contribution in [0.1, 0.15) is 29.0 Å². The average molecular weight is 253 g/mol. The Kier molecular flexibility index (Phi) is 5.17. The zero-order chi connectivity index (χ0) is 13.5. The Morgan fingerprint density at radius 1 is 1.00 bits per heavy atom. The summed E-state index contributed by atoms with van der Waals surface area (Å²) in [6, 6.07) is 19.7. The Bertz CT molecular complexity index is 490. The lowest BCUT2D eigenvalue weighted by molar-refractivity contribution is 0.593. The van der Waals surface area contributed by atoms with Crippen molar-refractivity contribution in [2.24, 2.45) is 0 Å². The highest BCUT2D eigenvalue weighted by Gasteiger charge is 2.11. The fraction of sp³-hybridized carbons (Fsp3) is 0.333. The second-order valence-corrected chi connectivity index (χ2v) is 5.19. The lowest BCUT2D eigenvalue weighted by atomic mass is 9.89. The Hall–Kier alpha value is -1.60. The largest absolute Gasteiger partial charge is 0.320 e. The predicted octanol–water partition coefficient (Wildman–Crippen LogP) is 3.93. The molecule has 0 fully saturated rings. The van der Waals surface area contributed by atoms with Gasteiger partial charge in [0.15, 0.2) is 0 Å². The number of aryl methyl sites for hydroxylation is 1. The number of hydrogen-bond donors (Lipinski definition) is 1. The van der Waals surface area contributed by atoms with Gasteiger partial charge < -0.3 is 5.32 Å². The smallest absolute Gasteiger partial charge is 0.00460 e. The molecule has 1 atom stereocenters. The number of hydrogen-bond acceptors (Lipinski definition) is 1. The topological polar surface area (TPSA) is 12.0 Å². The maximum Gasteiger partial charge on any atom is -0.00460 e. The van der Waals surface area contributed by atoms with Gasteiger partial charge in [0.25, 0.3) is 0 Å². The van der Waals surface area contributed by atoms with Crippen LogP contribution in [-0.2, 0) is 6.42 Å². The van der Waals surface area contributed by atoms with Gasteiger partial charge in [-0.25, -0.2) is 0 Å². The molecule has 1 nitrogen and oxygen atoms in total. The van der Waals surface area contributed by atoms with E-state index in [0.717, 1.165) is 13.0 Å². The summed E-state index contributed by atoms with van der Waals surface area (Å²) in [7, 11) is 2.02. The zero-order valence-electron chi connectivity index (χ0n) is 11.9. The van der Waals surface area contributed by atoms with Gasteiger partial charge in [-0.3, -0.25) is 0 Å². The van der Waals surface area contributed by atoms with Crippen LogP contribution in [0, 0.1) is 6.92 Å². The number of nitrogens with one attached hydrogen (secondary N) is 1. The van der Waals surface area contributed by atoms with Crippen LogP contribution >= 0.6 is 0 Å².